The minimum Gasteiger partial charge on any atom is -0.465 e. The first-order valence-corrected chi connectivity index (χ1v) is 4.10. The van der Waals surface area contributed by atoms with Crippen LogP contribution in [0.25, 0.3) is 0 Å². The van der Waals surface area contributed by atoms with Gasteiger partial charge in [0.05, 0.1) is 5.41 Å². The average Bonchev–Trinajstić information content (AvgIpc) is 2.10. The van der Waals surface area contributed by atoms with Crippen LogP contribution in [0.1, 0.15) is 13.8 Å². The molecule has 0 aromatic rings. The Hall–Kier alpha value is -1.51. The zero-order chi connectivity index (χ0) is 13.1. The lowest BCUT2D eigenvalue weighted by Crippen LogP contribution is -2.60. The van der Waals surface area contributed by atoms with Gasteiger partial charge in [0.1, 0.15) is 6.04 Å². The molecule has 1 atom stereocenters. The van der Waals surface area contributed by atoms with Gasteiger partial charge in [-0.15, -0.1) is 0 Å². The molecule has 0 saturated carbocycles. The molecule has 0 heterocycles. The van der Waals surface area contributed by atoms with Crippen molar-refractivity contribution in [3.63, 3.8) is 0 Å². The van der Waals surface area contributed by atoms with Crippen LogP contribution in [0.5, 0.6) is 0 Å². The Labute approximate surface area is 89.0 Å². The molecule has 94 valence electrons. The van der Waals surface area contributed by atoms with Gasteiger partial charge in [-0.25, -0.2) is 10.6 Å². The smallest absolute Gasteiger partial charge is 0.405 e. The average molecular weight is 243 g/mol. The summed E-state index contributed by atoms with van der Waals surface area (Å²) >= 11 is 0. The summed E-state index contributed by atoms with van der Waals surface area (Å²) in [4.78, 5) is 21.4. The van der Waals surface area contributed by atoms with Crippen LogP contribution in [-0.4, -0.2) is 29.3 Å². The summed E-state index contributed by atoms with van der Waals surface area (Å²) in [5.74, 6) is 3.43. The van der Waals surface area contributed by atoms with E-state index in [1.165, 1.54) is 10.7 Å². The van der Waals surface area contributed by atoms with E-state index in [9.17, 15) is 22.8 Å². The minimum atomic E-state index is -4.76. The summed E-state index contributed by atoms with van der Waals surface area (Å²) in [6.07, 6.45) is -6.50. The van der Waals surface area contributed by atoms with E-state index in [0.717, 1.165) is 0 Å². The zero-order valence-electron chi connectivity index (χ0n) is 8.55. The van der Waals surface area contributed by atoms with Gasteiger partial charge in [-0.3, -0.25) is 10.2 Å². The molecule has 0 saturated heterocycles. The van der Waals surface area contributed by atoms with E-state index in [2.05, 4.69) is 5.84 Å². The molecular formula is C7H12F3N3O3. The van der Waals surface area contributed by atoms with Crippen molar-refractivity contribution in [2.24, 2.45) is 11.3 Å². The lowest BCUT2D eigenvalue weighted by molar-refractivity contribution is -0.220. The van der Waals surface area contributed by atoms with Crippen LogP contribution in [-0.2, 0) is 4.79 Å². The molecule has 0 aromatic carbocycles. The van der Waals surface area contributed by atoms with Crippen molar-refractivity contribution in [3.05, 3.63) is 0 Å². The Kier molecular flexibility index (Phi) is 4.13. The fraction of sp³-hybridized carbons (Fsp3) is 0.714. The Morgan fingerprint density at radius 2 is 1.75 bits per heavy atom. The molecule has 2 amide bonds. The Bertz CT molecular complexity index is 290. The van der Waals surface area contributed by atoms with Crippen LogP contribution in [0.15, 0.2) is 0 Å². The van der Waals surface area contributed by atoms with E-state index in [-0.39, 0.29) is 0 Å². The third-order valence-corrected chi connectivity index (χ3v) is 2.12. The van der Waals surface area contributed by atoms with E-state index < -0.39 is 29.6 Å². The number of nitrogens with two attached hydrogens (primary N) is 1. The van der Waals surface area contributed by atoms with E-state index >= 15 is 0 Å². The number of carboxylic acid groups (broad SMARTS) is 1. The maximum absolute atomic E-state index is 12.6. The first-order chi connectivity index (χ1) is 7.04. The van der Waals surface area contributed by atoms with Gasteiger partial charge < -0.3 is 10.4 Å². The largest absolute Gasteiger partial charge is 0.465 e. The molecule has 5 N–H and O–H groups in total. The number of hydrazine groups is 1. The van der Waals surface area contributed by atoms with Crippen molar-refractivity contribution in [2.75, 3.05) is 0 Å². The molecule has 16 heavy (non-hydrogen) atoms. The Morgan fingerprint density at radius 1 is 1.31 bits per heavy atom. The van der Waals surface area contributed by atoms with Gasteiger partial charge in [0.2, 0.25) is 0 Å². The molecule has 6 nitrogen and oxygen atoms in total. The number of amides is 2. The van der Waals surface area contributed by atoms with Crippen LogP contribution in [0.2, 0.25) is 0 Å². The van der Waals surface area contributed by atoms with E-state index in [1.54, 1.807) is 0 Å². The highest BCUT2D eigenvalue weighted by Crippen LogP contribution is 2.40. The highest BCUT2D eigenvalue weighted by Gasteiger charge is 2.55. The van der Waals surface area contributed by atoms with E-state index in [1.807, 2.05) is 0 Å². The van der Waals surface area contributed by atoms with Crippen molar-refractivity contribution < 1.29 is 27.9 Å². The standard InChI is InChI=1S/C7H12F3N3O3/c1-6(2,7(8,9)10)3(4(14)13-11)12-5(15)16/h3,12H,11H2,1-2H3,(H,13,14)(H,15,16)/t3-/m1/s1. The molecule has 0 rings (SSSR count). The molecule has 0 bridgehead atoms. The summed E-state index contributed by atoms with van der Waals surface area (Å²) in [7, 11) is 0. The lowest BCUT2D eigenvalue weighted by atomic mass is 9.83. The van der Waals surface area contributed by atoms with Crippen LogP contribution in [0, 0.1) is 5.41 Å². The van der Waals surface area contributed by atoms with Crippen molar-refractivity contribution in [1.29, 1.82) is 0 Å². The fourth-order valence-corrected chi connectivity index (χ4v) is 0.944. The number of halogens is 3. The van der Waals surface area contributed by atoms with E-state index in [4.69, 9.17) is 5.11 Å². The van der Waals surface area contributed by atoms with Gasteiger partial charge in [0, 0.05) is 0 Å². The topological polar surface area (TPSA) is 104 Å². The van der Waals surface area contributed by atoms with Crippen LogP contribution in [0.4, 0.5) is 18.0 Å². The number of rotatable bonds is 3. The molecule has 0 aliphatic rings. The highest BCUT2D eigenvalue weighted by atomic mass is 19.4. The van der Waals surface area contributed by atoms with Crippen molar-refractivity contribution in [2.45, 2.75) is 26.1 Å². The zero-order valence-corrected chi connectivity index (χ0v) is 8.55. The summed E-state index contributed by atoms with van der Waals surface area (Å²) < 4.78 is 37.7. The predicted octanol–water partition coefficient (Wildman–Crippen LogP) is 0.201. The summed E-state index contributed by atoms with van der Waals surface area (Å²) in [6.45, 7) is 1.39. The molecule has 0 aliphatic heterocycles. The number of nitrogens with one attached hydrogen (secondary N) is 2. The predicted molar refractivity (Wildman–Crippen MR) is 47.1 cm³/mol. The summed E-state index contributed by atoms with van der Waals surface area (Å²) in [6, 6.07) is -2.02. The summed E-state index contributed by atoms with van der Waals surface area (Å²) in [5.41, 5.74) is -1.09. The third-order valence-electron chi connectivity index (χ3n) is 2.12. The SMILES string of the molecule is CC(C)([C@H](NC(=O)O)C(=O)NN)C(F)(F)F. The number of carbonyl (C=O) groups is 2. The van der Waals surface area contributed by atoms with E-state index in [0.29, 0.717) is 13.8 Å². The second kappa shape index (κ2) is 4.56. The fourth-order valence-electron chi connectivity index (χ4n) is 0.944. The first-order valence-electron chi connectivity index (χ1n) is 4.10. The van der Waals surface area contributed by atoms with Crippen molar-refractivity contribution in [3.8, 4) is 0 Å². The van der Waals surface area contributed by atoms with Gasteiger partial charge in [-0.1, -0.05) is 0 Å². The molecular weight excluding hydrogens is 231 g/mol. The van der Waals surface area contributed by atoms with Gasteiger partial charge in [0.25, 0.3) is 5.91 Å². The van der Waals surface area contributed by atoms with Gasteiger partial charge in [-0.2, -0.15) is 13.2 Å². The van der Waals surface area contributed by atoms with Crippen LogP contribution >= 0.6 is 0 Å². The second-order valence-electron chi connectivity index (χ2n) is 3.61. The lowest BCUT2D eigenvalue weighted by Gasteiger charge is -2.34. The molecule has 0 fully saturated rings. The number of carbonyl (C=O) groups excluding carboxylic acids is 1. The molecule has 0 spiro atoms. The minimum absolute atomic E-state index is 0.697. The first kappa shape index (κ1) is 14.5. The number of alkyl halides is 3. The van der Waals surface area contributed by atoms with Gasteiger partial charge in [-0.05, 0) is 13.8 Å². The van der Waals surface area contributed by atoms with Crippen molar-refractivity contribution >= 4 is 12.0 Å². The third kappa shape index (κ3) is 2.99. The van der Waals surface area contributed by atoms with Crippen LogP contribution < -0.4 is 16.6 Å². The highest BCUT2D eigenvalue weighted by molar-refractivity contribution is 5.85. The second-order valence-corrected chi connectivity index (χ2v) is 3.61. The molecule has 0 radical (unpaired) electrons. The molecule has 9 heteroatoms. The maximum Gasteiger partial charge on any atom is 0.405 e. The normalized spacial score (nSPS) is 14.1. The molecule has 0 unspecified atom stereocenters. The Balaban J connectivity index is 5.17. The maximum atomic E-state index is 12.6. The van der Waals surface area contributed by atoms with Crippen LogP contribution in [0.3, 0.4) is 0 Å². The van der Waals surface area contributed by atoms with Gasteiger partial charge in [0.15, 0.2) is 0 Å². The molecule has 0 aliphatic carbocycles. The monoisotopic (exact) mass is 243 g/mol. The number of hydrogen-bond donors (Lipinski definition) is 4. The quantitative estimate of drug-likeness (QED) is 0.323. The summed E-state index contributed by atoms with van der Waals surface area (Å²) in [5, 5.41) is 9.84. The van der Waals surface area contributed by atoms with Crippen molar-refractivity contribution in [1.82, 2.24) is 10.7 Å². The number of hydrogen-bond acceptors (Lipinski definition) is 3. The molecule has 0 aromatic heterocycles. The Morgan fingerprint density at radius 3 is 2.00 bits per heavy atom. The van der Waals surface area contributed by atoms with Gasteiger partial charge >= 0.3 is 12.3 Å².